The molecule has 0 aliphatic heterocycles. The van der Waals surface area contributed by atoms with E-state index in [0.717, 1.165) is 23.2 Å². The molecule has 0 atom stereocenters. The molecule has 0 fully saturated rings. The van der Waals surface area contributed by atoms with Crippen LogP contribution in [-0.2, 0) is 25.6 Å². The minimum atomic E-state index is -3.55. The van der Waals surface area contributed by atoms with Crippen molar-refractivity contribution in [2.75, 3.05) is 45.6 Å². The van der Waals surface area contributed by atoms with E-state index in [1.54, 1.807) is 45.9 Å². The van der Waals surface area contributed by atoms with E-state index in [1.807, 2.05) is 35.2 Å². The third kappa shape index (κ3) is 7.21. The number of carbonyl (C=O) groups excluding carboxylic acids is 1. The van der Waals surface area contributed by atoms with Gasteiger partial charge in [0.2, 0.25) is 5.91 Å². The van der Waals surface area contributed by atoms with Gasteiger partial charge in [-0.3, -0.25) is 18.6 Å². The van der Waals surface area contributed by atoms with Crippen LogP contribution >= 0.6 is 0 Å². The van der Waals surface area contributed by atoms with E-state index in [-0.39, 0.29) is 19.1 Å². The first-order valence-corrected chi connectivity index (χ1v) is 13.9. The van der Waals surface area contributed by atoms with Crippen LogP contribution < -0.4 is 19.7 Å². The first-order valence-electron chi connectivity index (χ1n) is 12.0. The van der Waals surface area contributed by atoms with Crippen LogP contribution in [0.25, 0.3) is 22.3 Å². The largest absolute Gasteiger partial charge is 0.497 e. The molecule has 2 aromatic carbocycles. The highest BCUT2D eigenvalue weighted by Gasteiger charge is 2.15. The molecule has 13 heteroatoms. The second-order valence-corrected chi connectivity index (χ2v) is 10.3. The molecule has 0 aliphatic carbocycles. The van der Waals surface area contributed by atoms with Gasteiger partial charge in [0.15, 0.2) is 0 Å². The quantitative estimate of drug-likeness (QED) is 0.205. The standard InChI is InChI=1S/C26H30N6O6S/c1-27-26(33)17-31-16-18(14-29-31)25-15-28-23-7-6-19(12-24(23)30-25)32(8-5-9-38-39(4,34)35)20-10-21(36-2)13-22(11-20)37-3/h6-7,10-16H,5,8-9,17H2,1-4H3,(H,27,33). The van der Waals surface area contributed by atoms with Gasteiger partial charge in [0.1, 0.15) is 18.0 Å². The molecule has 1 N–H and O–H groups in total. The molecule has 1 amide bonds. The van der Waals surface area contributed by atoms with Gasteiger partial charge in [0.05, 0.1) is 56.2 Å². The molecule has 0 unspecified atom stereocenters. The molecule has 4 aromatic rings. The fourth-order valence-electron chi connectivity index (χ4n) is 3.90. The summed E-state index contributed by atoms with van der Waals surface area (Å²) in [6.45, 7) is 0.578. The number of ether oxygens (including phenoxy) is 2. The van der Waals surface area contributed by atoms with Crippen molar-refractivity contribution in [2.45, 2.75) is 13.0 Å². The third-order valence-corrected chi connectivity index (χ3v) is 6.42. The zero-order valence-electron chi connectivity index (χ0n) is 22.1. The Morgan fingerprint density at radius 1 is 1.03 bits per heavy atom. The van der Waals surface area contributed by atoms with Gasteiger partial charge in [-0.05, 0) is 24.6 Å². The lowest BCUT2D eigenvalue weighted by Gasteiger charge is -2.26. The second kappa shape index (κ2) is 12.1. The van der Waals surface area contributed by atoms with Gasteiger partial charge >= 0.3 is 0 Å². The number of aromatic nitrogens is 4. The highest BCUT2D eigenvalue weighted by Crippen LogP contribution is 2.34. The summed E-state index contributed by atoms with van der Waals surface area (Å²) >= 11 is 0. The van der Waals surface area contributed by atoms with Crippen LogP contribution in [0, 0.1) is 0 Å². The molecule has 39 heavy (non-hydrogen) atoms. The van der Waals surface area contributed by atoms with Crippen molar-refractivity contribution < 1.29 is 26.9 Å². The maximum absolute atomic E-state index is 11.7. The van der Waals surface area contributed by atoms with Crippen LogP contribution in [0.3, 0.4) is 0 Å². The Kier molecular flexibility index (Phi) is 8.62. The SMILES string of the molecule is CNC(=O)Cn1cc(-c2cnc3ccc(N(CCCOS(C)(=O)=O)c4cc(OC)cc(OC)c4)cc3n2)cn1. The minimum absolute atomic E-state index is 0.0357. The van der Waals surface area contributed by atoms with Crippen LogP contribution in [-0.4, -0.2) is 74.7 Å². The normalized spacial score (nSPS) is 11.4. The number of benzene rings is 2. The third-order valence-electron chi connectivity index (χ3n) is 5.82. The number of likely N-dealkylation sites (N-methyl/N-ethyl adjacent to an activating group) is 1. The average molecular weight is 555 g/mol. The molecule has 0 aliphatic rings. The predicted molar refractivity (Wildman–Crippen MR) is 147 cm³/mol. The lowest BCUT2D eigenvalue weighted by atomic mass is 10.1. The van der Waals surface area contributed by atoms with E-state index in [9.17, 15) is 13.2 Å². The summed E-state index contributed by atoms with van der Waals surface area (Å²) in [5.41, 5.74) is 4.27. The smallest absolute Gasteiger partial charge is 0.264 e. The second-order valence-electron chi connectivity index (χ2n) is 8.63. The van der Waals surface area contributed by atoms with Crippen molar-refractivity contribution in [1.82, 2.24) is 25.1 Å². The monoisotopic (exact) mass is 554 g/mol. The zero-order chi connectivity index (χ0) is 28.0. The summed E-state index contributed by atoms with van der Waals surface area (Å²) in [5, 5.41) is 6.81. The summed E-state index contributed by atoms with van der Waals surface area (Å²) in [6.07, 6.45) is 6.50. The fraction of sp³-hybridized carbons (Fsp3) is 0.308. The Morgan fingerprint density at radius 2 is 1.77 bits per heavy atom. The molecule has 0 bridgehead atoms. The number of anilines is 2. The van der Waals surface area contributed by atoms with E-state index in [4.69, 9.17) is 18.6 Å². The highest BCUT2D eigenvalue weighted by atomic mass is 32.2. The molecule has 0 radical (unpaired) electrons. The maximum Gasteiger partial charge on any atom is 0.264 e. The predicted octanol–water partition coefficient (Wildman–Crippen LogP) is 2.76. The van der Waals surface area contributed by atoms with Gasteiger partial charge < -0.3 is 19.7 Å². The van der Waals surface area contributed by atoms with Gasteiger partial charge in [-0.25, -0.2) is 4.98 Å². The molecule has 0 spiro atoms. The van der Waals surface area contributed by atoms with Crippen molar-refractivity contribution in [3.05, 3.63) is 55.0 Å². The van der Waals surface area contributed by atoms with Crippen LogP contribution in [0.15, 0.2) is 55.0 Å². The van der Waals surface area contributed by atoms with Gasteiger partial charge in [-0.15, -0.1) is 0 Å². The number of carbonyl (C=O) groups is 1. The Hall–Kier alpha value is -4.23. The van der Waals surface area contributed by atoms with Gasteiger partial charge in [0.25, 0.3) is 10.1 Å². The number of hydrogen-bond donors (Lipinski definition) is 1. The van der Waals surface area contributed by atoms with Crippen molar-refractivity contribution in [1.29, 1.82) is 0 Å². The molecule has 12 nitrogen and oxygen atoms in total. The van der Waals surface area contributed by atoms with E-state index in [2.05, 4.69) is 15.4 Å². The van der Waals surface area contributed by atoms with Crippen LogP contribution in [0.1, 0.15) is 6.42 Å². The first kappa shape index (κ1) is 27.8. The Balaban J connectivity index is 1.69. The molecular formula is C26H30N6O6S. The zero-order valence-corrected chi connectivity index (χ0v) is 22.9. The van der Waals surface area contributed by atoms with Crippen molar-refractivity contribution in [3.63, 3.8) is 0 Å². The van der Waals surface area contributed by atoms with E-state index < -0.39 is 10.1 Å². The fourth-order valence-corrected chi connectivity index (χ4v) is 4.32. The van der Waals surface area contributed by atoms with E-state index >= 15 is 0 Å². The summed E-state index contributed by atoms with van der Waals surface area (Å²) in [7, 11) is 1.18. The molecule has 0 saturated carbocycles. The van der Waals surface area contributed by atoms with E-state index in [1.165, 1.54) is 4.68 Å². The van der Waals surface area contributed by atoms with Gasteiger partial charge in [-0.1, -0.05) is 0 Å². The average Bonchev–Trinajstić information content (AvgIpc) is 3.39. The minimum Gasteiger partial charge on any atom is -0.497 e. The summed E-state index contributed by atoms with van der Waals surface area (Å²) in [4.78, 5) is 23.0. The van der Waals surface area contributed by atoms with E-state index in [0.29, 0.717) is 41.2 Å². The topological polar surface area (TPSA) is 138 Å². The Morgan fingerprint density at radius 3 is 2.44 bits per heavy atom. The molecule has 0 saturated heterocycles. The number of nitrogens with zero attached hydrogens (tertiary/aromatic N) is 5. The lowest BCUT2D eigenvalue weighted by Crippen LogP contribution is -2.23. The van der Waals surface area contributed by atoms with Gasteiger partial charge in [-0.2, -0.15) is 13.5 Å². The van der Waals surface area contributed by atoms with Crippen molar-refractivity contribution in [3.8, 4) is 22.8 Å². The number of hydrogen-bond acceptors (Lipinski definition) is 10. The van der Waals surface area contributed by atoms with Crippen LogP contribution in [0.5, 0.6) is 11.5 Å². The number of fused-ring (bicyclic) bond motifs is 1. The Labute approximate surface area is 226 Å². The van der Waals surface area contributed by atoms with Crippen molar-refractivity contribution >= 4 is 38.4 Å². The molecule has 4 rings (SSSR count). The molecule has 206 valence electrons. The molecule has 2 aromatic heterocycles. The summed E-state index contributed by atoms with van der Waals surface area (Å²) in [6, 6.07) is 11.2. The summed E-state index contributed by atoms with van der Waals surface area (Å²) in [5.74, 6) is 1.06. The number of methoxy groups -OCH3 is 2. The lowest BCUT2D eigenvalue weighted by molar-refractivity contribution is -0.121. The summed E-state index contributed by atoms with van der Waals surface area (Å²) < 4.78 is 40.3. The highest BCUT2D eigenvalue weighted by molar-refractivity contribution is 7.85. The van der Waals surface area contributed by atoms with Gasteiger partial charge in [0, 0.05) is 54.9 Å². The molecule has 2 heterocycles. The number of rotatable bonds is 12. The maximum atomic E-state index is 11.7. The van der Waals surface area contributed by atoms with Crippen LogP contribution in [0.2, 0.25) is 0 Å². The van der Waals surface area contributed by atoms with Crippen molar-refractivity contribution in [2.24, 2.45) is 0 Å². The van der Waals surface area contributed by atoms with Crippen LogP contribution in [0.4, 0.5) is 11.4 Å². The number of nitrogens with one attached hydrogen (secondary N) is 1. The number of amides is 1. The Bertz CT molecular complexity index is 1550. The molecular weight excluding hydrogens is 524 g/mol. The first-order chi connectivity index (χ1) is 18.7.